The van der Waals surface area contributed by atoms with E-state index in [0.717, 1.165) is 15.7 Å². The molecule has 4 rings (SSSR count). The van der Waals surface area contributed by atoms with Crippen LogP contribution in [0.4, 0.5) is 6.01 Å². The van der Waals surface area contributed by atoms with Crippen LogP contribution in [0.2, 0.25) is 0 Å². The van der Waals surface area contributed by atoms with Gasteiger partial charge in [0.1, 0.15) is 6.54 Å². The van der Waals surface area contributed by atoms with E-state index in [0.29, 0.717) is 12.3 Å². The van der Waals surface area contributed by atoms with Crippen molar-refractivity contribution in [1.82, 2.24) is 28.9 Å². The number of aryl methyl sites for hydroxylation is 3. The van der Waals surface area contributed by atoms with Gasteiger partial charge in [-0.15, -0.1) is 5.10 Å². The molecule has 0 unspecified atom stereocenters. The van der Waals surface area contributed by atoms with Gasteiger partial charge in [0.25, 0.3) is 5.56 Å². The van der Waals surface area contributed by atoms with Gasteiger partial charge in [0.2, 0.25) is 11.8 Å². The number of amides is 1. The van der Waals surface area contributed by atoms with Crippen LogP contribution >= 0.6 is 0 Å². The Morgan fingerprint density at radius 3 is 2.65 bits per heavy atom. The average molecular weight is 423 g/mol. The molecule has 3 heterocycles. The zero-order valence-electron chi connectivity index (χ0n) is 17.5. The van der Waals surface area contributed by atoms with E-state index >= 15 is 0 Å². The Kier molecular flexibility index (Phi) is 5.01. The Hall–Kier alpha value is -4.02. The SMILES string of the molecule is Cc1ccc(Cc2nnc(NC(=O)Cn3cnc4c3c(=O)n(C)c(=O)n4C)o2)c(C)c1. The maximum absolute atomic E-state index is 12.5. The van der Waals surface area contributed by atoms with E-state index in [1.54, 1.807) is 0 Å². The second kappa shape index (κ2) is 7.67. The van der Waals surface area contributed by atoms with Crippen molar-refractivity contribution in [2.45, 2.75) is 26.8 Å². The summed E-state index contributed by atoms with van der Waals surface area (Å²) in [5, 5.41) is 10.4. The molecule has 0 aliphatic rings. The number of carbonyl (C=O) groups excluding carboxylic acids is 1. The first kappa shape index (κ1) is 20.3. The lowest BCUT2D eigenvalue weighted by Gasteiger charge is -2.06. The first-order valence-corrected chi connectivity index (χ1v) is 9.54. The predicted molar refractivity (Wildman–Crippen MR) is 112 cm³/mol. The third-order valence-corrected chi connectivity index (χ3v) is 5.08. The molecular weight excluding hydrogens is 402 g/mol. The predicted octanol–water partition coefficient (Wildman–Crippen LogP) is 0.663. The first-order valence-electron chi connectivity index (χ1n) is 9.54. The van der Waals surface area contributed by atoms with E-state index in [-0.39, 0.29) is 23.7 Å². The van der Waals surface area contributed by atoms with Crippen LogP contribution in [0.15, 0.2) is 38.5 Å². The minimum Gasteiger partial charge on any atom is -0.407 e. The standard InChI is InChI=1S/C20H21N7O4/c1-11-5-6-13(12(2)7-11)8-15-23-24-19(31-15)22-14(28)9-27-10-21-17-16(27)18(29)26(4)20(30)25(17)3/h5-7,10H,8-9H2,1-4H3,(H,22,24,28). The summed E-state index contributed by atoms with van der Waals surface area (Å²) < 4.78 is 9.13. The van der Waals surface area contributed by atoms with Crippen molar-refractivity contribution < 1.29 is 9.21 Å². The number of hydrogen-bond acceptors (Lipinski definition) is 7. The summed E-state index contributed by atoms with van der Waals surface area (Å²) in [6.45, 7) is 3.83. The van der Waals surface area contributed by atoms with Crippen LogP contribution in [0.3, 0.4) is 0 Å². The van der Waals surface area contributed by atoms with Crippen LogP contribution in [0, 0.1) is 13.8 Å². The molecule has 0 bridgehead atoms. The van der Waals surface area contributed by atoms with Gasteiger partial charge in [-0.3, -0.25) is 24.0 Å². The minimum absolute atomic E-state index is 0.0329. The van der Waals surface area contributed by atoms with E-state index in [4.69, 9.17) is 4.42 Å². The molecule has 1 N–H and O–H groups in total. The molecule has 160 valence electrons. The highest BCUT2D eigenvalue weighted by Crippen LogP contribution is 2.16. The molecule has 0 spiro atoms. The summed E-state index contributed by atoms with van der Waals surface area (Å²) in [6.07, 6.45) is 1.79. The van der Waals surface area contributed by atoms with Crippen LogP contribution in [0.1, 0.15) is 22.6 Å². The summed E-state index contributed by atoms with van der Waals surface area (Å²) in [5.41, 5.74) is 2.67. The molecule has 0 fully saturated rings. The van der Waals surface area contributed by atoms with Crippen molar-refractivity contribution in [2.24, 2.45) is 14.1 Å². The van der Waals surface area contributed by atoms with Gasteiger partial charge in [0, 0.05) is 14.1 Å². The van der Waals surface area contributed by atoms with Crippen LogP contribution in [0.25, 0.3) is 11.2 Å². The third kappa shape index (κ3) is 3.77. The molecule has 31 heavy (non-hydrogen) atoms. The zero-order chi connectivity index (χ0) is 22.3. The van der Waals surface area contributed by atoms with Crippen molar-refractivity contribution in [3.63, 3.8) is 0 Å². The number of carbonyl (C=O) groups is 1. The number of benzene rings is 1. The van der Waals surface area contributed by atoms with Crippen LogP contribution in [0.5, 0.6) is 0 Å². The summed E-state index contributed by atoms with van der Waals surface area (Å²) in [7, 11) is 2.88. The Labute approximate surface area is 176 Å². The van der Waals surface area contributed by atoms with Crippen molar-refractivity contribution >= 4 is 23.1 Å². The normalized spacial score (nSPS) is 11.2. The molecular formula is C20H21N7O4. The Morgan fingerprint density at radius 2 is 1.90 bits per heavy atom. The molecule has 0 atom stereocenters. The largest absolute Gasteiger partial charge is 0.407 e. The third-order valence-electron chi connectivity index (χ3n) is 5.08. The van der Waals surface area contributed by atoms with Crippen LogP contribution in [-0.4, -0.2) is 34.8 Å². The molecule has 11 heteroatoms. The lowest BCUT2D eigenvalue weighted by Crippen LogP contribution is -2.37. The topological polar surface area (TPSA) is 130 Å². The Morgan fingerprint density at radius 1 is 1.13 bits per heavy atom. The lowest BCUT2D eigenvalue weighted by molar-refractivity contribution is -0.116. The number of nitrogens with zero attached hydrogens (tertiary/aromatic N) is 6. The second-order valence-corrected chi connectivity index (χ2v) is 7.41. The Balaban J connectivity index is 1.50. The number of hydrogen-bond donors (Lipinski definition) is 1. The van der Waals surface area contributed by atoms with Gasteiger partial charge in [-0.1, -0.05) is 28.9 Å². The summed E-state index contributed by atoms with van der Waals surface area (Å²) >= 11 is 0. The minimum atomic E-state index is -0.531. The van der Waals surface area contributed by atoms with Crippen molar-refractivity contribution in [2.75, 3.05) is 5.32 Å². The van der Waals surface area contributed by atoms with Crippen LogP contribution in [-0.2, 0) is 31.9 Å². The smallest absolute Gasteiger partial charge is 0.332 e. The number of fused-ring (bicyclic) bond motifs is 1. The monoisotopic (exact) mass is 423 g/mol. The average Bonchev–Trinajstić information content (AvgIpc) is 3.34. The van der Waals surface area contributed by atoms with E-state index < -0.39 is 17.2 Å². The molecule has 4 aromatic rings. The van der Waals surface area contributed by atoms with E-state index in [2.05, 4.69) is 26.6 Å². The molecule has 0 radical (unpaired) electrons. The Bertz CT molecular complexity index is 1420. The van der Waals surface area contributed by atoms with Gasteiger partial charge in [0.15, 0.2) is 11.2 Å². The number of anilines is 1. The maximum atomic E-state index is 12.5. The lowest BCUT2D eigenvalue weighted by atomic mass is 10.0. The summed E-state index contributed by atoms with van der Waals surface area (Å²) in [6, 6.07) is 6.06. The van der Waals surface area contributed by atoms with Gasteiger partial charge >= 0.3 is 11.7 Å². The number of imidazole rings is 1. The van der Waals surface area contributed by atoms with E-state index in [9.17, 15) is 14.4 Å². The molecule has 11 nitrogen and oxygen atoms in total. The summed E-state index contributed by atoms with van der Waals surface area (Å²) in [4.78, 5) is 41.0. The molecule has 0 saturated carbocycles. The van der Waals surface area contributed by atoms with E-state index in [1.165, 1.54) is 35.1 Å². The molecule has 1 amide bonds. The highest BCUT2D eigenvalue weighted by molar-refractivity contribution is 5.89. The number of aromatic nitrogens is 6. The highest BCUT2D eigenvalue weighted by atomic mass is 16.4. The quantitative estimate of drug-likeness (QED) is 0.499. The molecule has 0 aliphatic heterocycles. The molecule has 3 aromatic heterocycles. The molecule has 1 aromatic carbocycles. The summed E-state index contributed by atoms with van der Waals surface area (Å²) in [5.74, 6) is -0.101. The van der Waals surface area contributed by atoms with Gasteiger partial charge in [0.05, 0.1) is 12.7 Å². The fourth-order valence-electron chi connectivity index (χ4n) is 3.41. The fraction of sp³-hybridized carbons (Fsp3) is 0.300. The first-order chi connectivity index (χ1) is 14.7. The fourth-order valence-corrected chi connectivity index (χ4v) is 3.41. The van der Waals surface area contributed by atoms with Crippen molar-refractivity contribution in [3.05, 3.63) is 67.9 Å². The molecule has 0 saturated heterocycles. The zero-order valence-corrected chi connectivity index (χ0v) is 17.5. The second-order valence-electron chi connectivity index (χ2n) is 7.41. The van der Waals surface area contributed by atoms with Crippen molar-refractivity contribution in [3.8, 4) is 0 Å². The van der Waals surface area contributed by atoms with Gasteiger partial charge in [-0.2, -0.15) is 0 Å². The number of nitrogens with one attached hydrogen (secondary N) is 1. The van der Waals surface area contributed by atoms with E-state index in [1.807, 2.05) is 26.0 Å². The van der Waals surface area contributed by atoms with Gasteiger partial charge in [-0.25, -0.2) is 9.78 Å². The molecule has 0 aliphatic carbocycles. The number of rotatable bonds is 5. The highest BCUT2D eigenvalue weighted by Gasteiger charge is 2.17. The van der Waals surface area contributed by atoms with Gasteiger partial charge in [-0.05, 0) is 25.0 Å². The maximum Gasteiger partial charge on any atom is 0.332 e. The van der Waals surface area contributed by atoms with Crippen LogP contribution < -0.4 is 16.6 Å². The van der Waals surface area contributed by atoms with Gasteiger partial charge < -0.3 is 8.98 Å². The van der Waals surface area contributed by atoms with Crippen molar-refractivity contribution in [1.29, 1.82) is 0 Å².